The first-order valence-corrected chi connectivity index (χ1v) is 8.76. The van der Waals surface area contributed by atoms with Crippen LogP contribution in [0.15, 0.2) is 11.1 Å². The molecule has 132 valence electrons. The number of alkyl halides is 1. The van der Waals surface area contributed by atoms with E-state index in [1.165, 1.54) is 0 Å². The molecule has 11 nitrogen and oxygen atoms in total. The molecule has 5 N–H and O–H groups in total. The molecular weight excluding hydrogens is 348 g/mol. The molecule has 0 amide bonds. The van der Waals surface area contributed by atoms with E-state index in [2.05, 4.69) is 19.5 Å². The van der Waals surface area contributed by atoms with E-state index in [-0.39, 0.29) is 17.1 Å². The molecular formula is C11H15FN5O6P. The van der Waals surface area contributed by atoms with Crippen molar-refractivity contribution < 1.29 is 28.2 Å². The summed E-state index contributed by atoms with van der Waals surface area (Å²) in [6.07, 6.45) is -3.97. The minimum Gasteiger partial charge on any atom is -0.384 e. The molecule has 0 saturated carbocycles. The van der Waals surface area contributed by atoms with Crippen molar-refractivity contribution in [2.24, 2.45) is 0 Å². The first-order chi connectivity index (χ1) is 11.0. The number of rotatable bonds is 3. The highest BCUT2D eigenvalue weighted by molar-refractivity contribution is 7.51. The fourth-order valence-electron chi connectivity index (χ4n) is 2.47. The average molecular weight is 363 g/mol. The van der Waals surface area contributed by atoms with Crippen molar-refractivity contribution in [3.8, 4) is 0 Å². The molecule has 0 aliphatic carbocycles. The third kappa shape index (κ3) is 2.72. The second-order valence-corrected chi connectivity index (χ2v) is 7.45. The van der Waals surface area contributed by atoms with Crippen LogP contribution in [-0.4, -0.2) is 54.2 Å². The summed E-state index contributed by atoms with van der Waals surface area (Å²) in [7, 11) is -4.04. The molecule has 5 atom stereocenters. The number of hydrogen-bond acceptors (Lipinski definition) is 8. The SMILES string of the molecule is C[C@@]1(F)[C@H](O)[C@@H](OP(C)(=O)O)O[C@H]1n1cnc2c(=O)[nH]c(N)nc21. The van der Waals surface area contributed by atoms with Gasteiger partial charge in [0.25, 0.3) is 5.56 Å². The van der Waals surface area contributed by atoms with E-state index in [0.29, 0.717) is 0 Å². The molecule has 1 unspecified atom stereocenters. The summed E-state index contributed by atoms with van der Waals surface area (Å²) in [6, 6.07) is 0. The molecule has 1 aliphatic rings. The van der Waals surface area contributed by atoms with Crippen LogP contribution in [0.4, 0.5) is 10.3 Å². The number of aliphatic hydroxyl groups excluding tert-OH is 1. The van der Waals surface area contributed by atoms with Gasteiger partial charge in [0.15, 0.2) is 29.4 Å². The van der Waals surface area contributed by atoms with Gasteiger partial charge in [-0.1, -0.05) is 0 Å². The van der Waals surface area contributed by atoms with Gasteiger partial charge >= 0.3 is 7.60 Å². The molecule has 1 aliphatic heterocycles. The first kappa shape index (κ1) is 17.0. The van der Waals surface area contributed by atoms with Gasteiger partial charge < -0.3 is 20.5 Å². The average Bonchev–Trinajstić information content (AvgIpc) is 2.92. The quantitative estimate of drug-likeness (QED) is 0.525. The van der Waals surface area contributed by atoms with Crippen molar-refractivity contribution in [1.82, 2.24) is 19.5 Å². The number of H-pyrrole nitrogens is 1. The van der Waals surface area contributed by atoms with E-state index in [1.807, 2.05) is 0 Å². The molecule has 2 aromatic heterocycles. The molecule has 1 saturated heterocycles. The second kappa shape index (κ2) is 5.33. The number of aromatic nitrogens is 4. The fourth-order valence-corrected chi connectivity index (χ4v) is 3.02. The van der Waals surface area contributed by atoms with Crippen LogP contribution in [0.5, 0.6) is 0 Å². The largest absolute Gasteiger partial charge is 0.384 e. The zero-order chi connectivity index (χ0) is 17.9. The highest BCUT2D eigenvalue weighted by atomic mass is 31.2. The van der Waals surface area contributed by atoms with Crippen LogP contribution in [0.3, 0.4) is 0 Å². The number of nitrogens with zero attached hydrogens (tertiary/aromatic N) is 3. The van der Waals surface area contributed by atoms with Gasteiger partial charge in [0.2, 0.25) is 5.95 Å². The molecule has 0 radical (unpaired) electrons. The van der Waals surface area contributed by atoms with Crippen LogP contribution >= 0.6 is 7.60 Å². The van der Waals surface area contributed by atoms with Gasteiger partial charge in [-0.25, -0.2) is 9.37 Å². The van der Waals surface area contributed by atoms with E-state index in [0.717, 1.165) is 24.5 Å². The van der Waals surface area contributed by atoms with Crippen LogP contribution < -0.4 is 11.3 Å². The van der Waals surface area contributed by atoms with Crippen molar-refractivity contribution in [3.63, 3.8) is 0 Å². The zero-order valence-electron chi connectivity index (χ0n) is 12.6. The standard InChI is InChI=1S/C11H15FN5O6P/c1-11(12)5(18)8(23-24(2,20)21)22-9(11)17-3-14-4-6(17)15-10(13)16-7(4)19/h3,5,8-9,18H,1-2H3,(H,20,21)(H3,13,15,16,19)/t5-,8-,9-,11-/m1/s1. The summed E-state index contributed by atoms with van der Waals surface area (Å²) >= 11 is 0. The van der Waals surface area contributed by atoms with E-state index in [1.54, 1.807) is 0 Å². The van der Waals surface area contributed by atoms with Crippen LogP contribution in [0.1, 0.15) is 13.2 Å². The predicted molar refractivity (Wildman–Crippen MR) is 78.8 cm³/mol. The van der Waals surface area contributed by atoms with Gasteiger partial charge in [0.05, 0.1) is 6.33 Å². The normalized spacial score (nSPS) is 33.0. The lowest BCUT2D eigenvalue weighted by Crippen LogP contribution is -2.40. The lowest BCUT2D eigenvalue weighted by molar-refractivity contribution is -0.128. The molecule has 1 fully saturated rings. The predicted octanol–water partition coefficient (Wildman–Crippen LogP) is -0.522. The Morgan fingerprint density at radius 3 is 2.92 bits per heavy atom. The van der Waals surface area contributed by atoms with Gasteiger partial charge in [-0.15, -0.1) is 0 Å². The van der Waals surface area contributed by atoms with Gasteiger partial charge in [-0.2, -0.15) is 4.98 Å². The number of aliphatic hydroxyl groups is 1. The molecule has 3 rings (SSSR count). The number of nitrogen functional groups attached to an aromatic ring is 1. The van der Waals surface area contributed by atoms with Crippen molar-refractivity contribution in [2.45, 2.75) is 31.2 Å². The topological polar surface area (TPSA) is 166 Å². The summed E-state index contributed by atoms with van der Waals surface area (Å²) in [4.78, 5) is 31.0. The van der Waals surface area contributed by atoms with Crippen molar-refractivity contribution >= 4 is 24.7 Å². The maximum absolute atomic E-state index is 15.0. The summed E-state index contributed by atoms with van der Waals surface area (Å²) < 4.78 is 37.3. The van der Waals surface area contributed by atoms with Crippen LogP contribution in [0.2, 0.25) is 0 Å². The Hall–Kier alpha value is -1.85. The molecule has 0 spiro atoms. The zero-order valence-corrected chi connectivity index (χ0v) is 13.5. The minimum absolute atomic E-state index is 0.0679. The first-order valence-electron chi connectivity index (χ1n) is 6.74. The minimum atomic E-state index is -4.04. The van der Waals surface area contributed by atoms with E-state index < -0.39 is 37.4 Å². The summed E-state index contributed by atoms with van der Waals surface area (Å²) in [5.41, 5.74) is 2.24. The number of fused-ring (bicyclic) bond motifs is 1. The molecule has 13 heteroatoms. The Morgan fingerprint density at radius 1 is 1.62 bits per heavy atom. The highest BCUT2D eigenvalue weighted by Gasteiger charge is 2.57. The van der Waals surface area contributed by atoms with Gasteiger partial charge in [0.1, 0.15) is 6.10 Å². The Labute approximate surface area is 133 Å². The summed E-state index contributed by atoms with van der Waals surface area (Å²) in [5, 5.41) is 10.0. The monoisotopic (exact) mass is 363 g/mol. The highest BCUT2D eigenvalue weighted by Crippen LogP contribution is 2.48. The van der Waals surface area contributed by atoms with E-state index in [9.17, 15) is 23.7 Å². The lowest BCUT2D eigenvalue weighted by atomic mass is 10.0. The van der Waals surface area contributed by atoms with Crippen LogP contribution in [0, 0.1) is 0 Å². The number of hydrogen-bond donors (Lipinski definition) is 4. The van der Waals surface area contributed by atoms with Crippen molar-refractivity contribution in [1.29, 1.82) is 0 Å². The Bertz CT molecular complexity index is 891. The summed E-state index contributed by atoms with van der Waals surface area (Å²) in [6.45, 7) is 1.90. The van der Waals surface area contributed by atoms with Crippen LogP contribution in [-0.2, 0) is 13.8 Å². The number of anilines is 1. The molecule has 24 heavy (non-hydrogen) atoms. The smallest absolute Gasteiger partial charge is 0.327 e. The third-order valence-electron chi connectivity index (χ3n) is 3.58. The second-order valence-electron chi connectivity index (χ2n) is 5.64. The number of aromatic amines is 1. The van der Waals surface area contributed by atoms with Gasteiger partial charge in [0, 0.05) is 6.66 Å². The van der Waals surface area contributed by atoms with Gasteiger partial charge in [-0.3, -0.25) is 23.4 Å². The third-order valence-corrected chi connectivity index (χ3v) is 4.18. The van der Waals surface area contributed by atoms with E-state index >= 15 is 0 Å². The number of imidazole rings is 1. The molecule has 0 bridgehead atoms. The number of halogens is 1. The van der Waals surface area contributed by atoms with E-state index in [4.69, 9.17) is 10.5 Å². The maximum Gasteiger partial charge on any atom is 0.327 e. The Morgan fingerprint density at radius 2 is 2.29 bits per heavy atom. The maximum atomic E-state index is 15.0. The van der Waals surface area contributed by atoms with Crippen LogP contribution in [0.25, 0.3) is 11.2 Å². The Kier molecular flexibility index (Phi) is 3.77. The Balaban J connectivity index is 2.06. The van der Waals surface area contributed by atoms with Crippen molar-refractivity contribution in [2.75, 3.05) is 12.4 Å². The molecule has 2 aromatic rings. The number of nitrogens with one attached hydrogen (secondary N) is 1. The number of nitrogens with two attached hydrogens (primary N) is 1. The lowest BCUT2D eigenvalue weighted by Gasteiger charge is -2.24. The fraction of sp³-hybridized carbons (Fsp3) is 0.545. The van der Waals surface area contributed by atoms with Crippen molar-refractivity contribution in [3.05, 3.63) is 16.7 Å². The summed E-state index contributed by atoms with van der Waals surface area (Å²) in [5.74, 6) is -0.213. The number of ether oxygens (including phenoxy) is 1. The van der Waals surface area contributed by atoms with Gasteiger partial charge in [-0.05, 0) is 6.92 Å². The molecule has 0 aromatic carbocycles. The molecule has 3 heterocycles.